The number of hydrogen-bond acceptors (Lipinski definition) is 3. The lowest BCUT2D eigenvalue weighted by Gasteiger charge is -2.26. The third-order valence-electron chi connectivity index (χ3n) is 8.90. The number of benzene rings is 7. The number of hydrogen-bond donors (Lipinski definition) is 0. The van der Waals surface area contributed by atoms with Crippen molar-refractivity contribution < 1.29 is 4.42 Å². The molecule has 2 aromatic heterocycles. The highest BCUT2D eigenvalue weighted by Crippen LogP contribution is 2.44. The first-order valence-electron chi connectivity index (χ1n) is 15.5. The van der Waals surface area contributed by atoms with Crippen LogP contribution in [0.5, 0.6) is 0 Å². The van der Waals surface area contributed by atoms with Crippen molar-refractivity contribution in [3.8, 4) is 22.3 Å². The summed E-state index contributed by atoms with van der Waals surface area (Å²) in [5.41, 5.74) is 10.6. The third-order valence-corrected chi connectivity index (χ3v) is 8.90. The lowest BCUT2D eigenvalue weighted by atomic mass is 9.98. The van der Waals surface area contributed by atoms with E-state index < -0.39 is 0 Å². The molecular weight excluding hydrogens is 560 g/mol. The maximum atomic E-state index is 6.45. The Morgan fingerprint density at radius 3 is 1.96 bits per heavy atom. The SMILES string of the molecule is c1ccc(-c2ccc(N(c3ccc(-c4cccc5ccccc45)cc3)c3cccc4oc5cc6ncccc6cc5c34)cc2)cc1. The monoisotopic (exact) mass is 588 g/mol. The van der Waals surface area contributed by atoms with Gasteiger partial charge in [0.2, 0.25) is 0 Å². The Morgan fingerprint density at radius 1 is 0.457 bits per heavy atom. The lowest BCUT2D eigenvalue weighted by Crippen LogP contribution is -2.10. The minimum absolute atomic E-state index is 0.833. The maximum absolute atomic E-state index is 6.45. The number of rotatable bonds is 5. The highest BCUT2D eigenvalue weighted by atomic mass is 16.3. The first-order chi connectivity index (χ1) is 22.8. The topological polar surface area (TPSA) is 29.3 Å². The zero-order valence-corrected chi connectivity index (χ0v) is 25.0. The van der Waals surface area contributed by atoms with E-state index in [1.807, 2.05) is 18.3 Å². The first-order valence-corrected chi connectivity index (χ1v) is 15.5. The predicted octanol–water partition coefficient (Wildman–Crippen LogP) is 12.1. The molecule has 0 aliphatic heterocycles. The van der Waals surface area contributed by atoms with E-state index in [2.05, 4.69) is 162 Å². The Labute approximate surface area is 266 Å². The van der Waals surface area contributed by atoms with Crippen molar-refractivity contribution in [2.75, 3.05) is 4.90 Å². The van der Waals surface area contributed by atoms with Crippen LogP contribution < -0.4 is 4.90 Å². The van der Waals surface area contributed by atoms with Crippen LogP contribution in [0.25, 0.3) is 65.9 Å². The molecule has 0 unspecified atom stereocenters. The van der Waals surface area contributed by atoms with Crippen LogP contribution >= 0.6 is 0 Å². The molecule has 0 saturated heterocycles. The first kappa shape index (κ1) is 26.2. The van der Waals surface area contributed by atoms with Crippen molar-refractivity contribution >= 4 is 60.7 Å². The molecule has 0 atom stereocenters. The Morgan fingerprint density at radius 2 is 1.13 bits per heavy atom. The van der Waals surface area contributed by atoms with Crippen LogP contribution in [0.3, 0.4) is 0 Å². The van der Waals surface area contributed by atoms with Gasteiger partial charge in [0.15, 0.2) is 0 Å². The number of aromatic nitrogens is 1. The molecule has 0 amide bonds. The number of anilines is 3. The molecule has 0 aliphatic rings. The summed E-state index contributed by atoms with van der Waals surface area (Å²) >= 11 is 0. The van der Waals surface area contributed by atoms with E-state index in [1.54, 1.807) is 0 Å². The maximum Gasteiger partial charge on any atom is 0.137 e. The fourth-order valence-electron chi connectivity index (χ4n) is 6.69. The van der Waals surface area contributed by atoms with Gasteiger partial charge in [-0.3, -0.25) is 4.98 Å². The number of nitrogens with zero attached hydrogens (tertiary/aromatic N) is 2. The highest BCUT2D eigenvalue weighted by molar-refractivity contribution is 6.16. The summed E-state index contributed by atoms with van der Waals surface area (Å²) in [7, 11) is 0. The molecule has 0 N–H and O–H groups in total. The average Bonchev–Trinajstić information content (AvgIpc) is 3.49. The molecule has 216 valence electrons. The molecule has 0 bridgehead atoms. The van der Waals surface area contributed by atoms with Gasteiger partial charge < -0.3 is 9.32 Å². The second-order valence-corrected chi connectivity index (χ2v) is 11.6. The zero-order valence-electron chi connectivity index (χ0n) is 25.0. The molecule has 0 saturated carbocycles. The molecule has 3 heteroatoms. The van der Waals surface area contributed by atoms with Gasteiger partial charge >= 0.3 is 0 Å². The fraction of sp³-hybridized carbons (Fsp3) is 0. The fourth-order valence-corrected chi connectivity index (χ4v) is 6.69. The van der Waals surface area contributed by atoms with E-state index in [0.29, 0.717) is 0 Å². The molecule has 0 fully saturated rings. The van der Waals surface area contributed by atoms with E-state index in [1.165, 1.54) is 33.0 Å². The van der Waals surface area contributed by atoms with E-state index in [-0.39, 0.29) is 0 Å². The molecule has 9 rings (SSSR count). The summed E-state index contributed by atoms with van der Waals surface area (Å²) in [5.74, 6) is 0. The Hall–Kier alpha value is -6.19. The van der Waals surface area contributed by atoms with Crippen LogP contribution in [-0.4, -0.2) is 4.98 Å². The van der Waals surface area contributed by atoms with Crippen LogP contribution in [0, 0.1) is 0 Å². The molecule has 2 heterocycles. The molecule has 9 aromatic rings. The van der Waals surface area contributed by atoms with Crippen molar-refractivity contribution in [3.05, 3.63) is 170 Å². The van der Waals surface area contributed by atoms with Crippen molar-refractivity contribution in [2.45, 2.75) is 0 Å². The summed E-state index contributed by atoms with van der Waals surface area (Å²) < 4.78 is 6.45. The summed E-state index contributed by atoms with van der Waals surface area (Å²) in [6.45, 7) is 0. The molecule has 46 heavy (non-hydrogen) atoms. The van der Waals surface area contributed by atoms with E-state index in [0.717, 1.165) is 49.9 Å². The van der Waals surface area contributed by atoms with Gasteiger partial charge in [0.25, 0.3) is 0 Å². The number of furan rings is 1. The van der Waals surface area contributed by atoms with Gasteiger partial charge in [-0.1, -0.05) is 109 Å². The van der Waals surface area contributed by atoms with Crippen LogP contribution in [0.4, 0.5) is 17.1 Å². The van der Waals surface area contributed by atoms with Crippen LogP contribution in [0.15, 0.2) is 174 Å². The van der Waals surface area contributed by atoms with Crippen molar-refractivity contribution in [3.63, 3.8) is 0 Å². The molecule has 3 nitrogen and oxygen atoms in total. The van der Waals surface area contributed by atoms with Crippen LogP contribution in [0.1, 0.15) is 0 Å². The van der Waals surface area contributed by atoms with Gasteiger partial charge in [-0.2, -0.15) is 0 Å². The van der Waals surface area contributed by atoms with E-state index in [9.17, 15) is 0 Å². The Kier molecular flexibility index (Phi) is 6.14. The van der Waals surface area contributed by atoms with Crippen LogP contribution in [-0.2, 0) is 0 Å². The largest absolute Gasteiger partial charge is 0.456 e. The minimum atomic E-state index is 0.833. The van der Waals surface area contributed by atoms with Gasteiger partial charge in [0.1, 0.15) is 11.2 Å². The normalized spacial score (nSPS) is 11.5. The second kappa shape index (κ2) is 10.8. The van der Waals surface area contributed by atoms with Crippen molar-refractivity contribution in [1.29, 1.82) is 0 Å². The predicted molar refractivity (Wildman–Crippen MR) is 192 cm³/mol. The molecular formula is C43H28N2O. The van der Waals surface area contributed by atoms with Gasteiger partial charge in [0, 0.05) is 34.4 Å². The summed E-state index contributed by atoms with van der Waals surface area (Å²) in [5, 5.41) is 5.73. The highest BCUT2D eigenvalue weighted by Gasteiger charge is 2.20. The van der Waals surface area contributed by atoms with Crippen molar-refractivity contribution in [2.24, 2.45) is 0 Å². The summed E-state index contributed by atoms with van der Waals surface area (Å²) in [6.07, 6.45) is 1.82. The summed E-state index contributed by atoms with van der Waals surface area (Å²) in [6, 6.07) is 58.0. The molecule has 0 radical (unpaired) electrons. The molecule has 0 aliphatic carbocycles. The third kappa shape index (κ3) is 4.41. The Bertz CT molecular complexity index is 2510. The molecule has 7 aromatic carbocycles. The van der Waals surface area contributed by atoms with Crippen LogP contribution in [0.2, 0.25) is 0 Å². The quantitative estimate of drug-likeness (QED) is 0.200. The average molecular weight is 589 g/mol. The number of fused-ring (bicyclic) bond motifs is 5. The minimum Gasteiger partial charge on any atom is -0.456 e. The zero-order chi connectivity index (χ0) is 30.5. The van der Waals surface area contributed by atoms with E-state index in [4.69, 9.17) is 4.42 Å². The smallest absolute Gasteiger partial charge is 0.137 e. The second-order valence-electron chi connectivity index (χ2n) is 11.6. The number of pyridine rings is 1. The van der Waals surface area contributed by atoms with Gasteiger partial charge in [-0.25, -0.2) is 0 Å². The Balaban J connectivity index is 1.23. The van der Waals surface area contributed by atoms with E-state index >= 15 is 0 Å². The van der Waals surface area contributed by atoms with Crippen molar-refractivity contribution in [1.82, 2.24) is 4.98 Å². The van der Waals surface area contributed by atoms with Gasteiger partial charge in [-0.15, -0.1) is 0 Å². The van der Waals surface area contributed by atoms with Gasteiger partial charge in [-0.05, 0) is 81.6 Å². The standard InChI is InChI=1S/C43H28N2O/c1-2-9-29(10-3-1)30-18-22-34(23-19-30)45(35-24-20-32(21-25-35)37-15-6-12-31-11-4-5-14-36(31)37)40-16-7-17-41-43(40)38-27-33-13-8-26-44-39(33)28-42(38)46-41/h1-28H. The molecule has 0 spiro atoms. The summed E-state index contributed by atoms with van der Waals surface area (Å²) in [4.78, 5) is 6.91. The lowest BCUT2D eigenvalue weighted by molar-refractivity contribution is 0.669. The van der Waals surface area contributed by atoms with Gasteiger partial charge in [0.05, 0.1) is 16.6 Å².